The summed E-state index contributed by atoms with van der Waals surface area (Å²) in [6.07, 6.45) is 0. The lowest BCUT2D eigenvalue weighted by molar-refractivity contribution is -0.154. The van der Waals surface area contributed by atoms with E-state index < -0.39 is 5.60 Å². The summed E-state index contributed by atoms with van der Waals surface area (Å²) in [6.45, 7) is 5.63. The van der Waals surface area contributed by atoms with Crippen LogP contribution in [0.25, 0.3) is 0 Å². The summed E-state index contributed by atoms with van der Waals surface area (Å²) in [6, 6.07) is 7.86. The molecule has 2 atom stereocenters. The van der Waals surface area contributed by atoms with E-state index >= 15 is 0 Å². The van der Waals surface area contributed by atoms with E-state index in [1.807, 2.05) is 45.0 Å². The van der Waals surface area contributed by atoms with Gasteiger partial charge >= 0.3 is 5.97 Å². The van der Waals surface area contributed by atoms with Crippen LogP contribution in [-0.2, 0) is 9.53 Å². The standard InChI is InChI=1S/C13H16BrNO2/c1-13(2,3)17-12(16)11-10(15-11)8-4-6-9(14)7-5-8/h4-7,10-11,15H,1-3H3/t10-,11-/m0/s1. The molecule has 1 saturated heterocycles. The molecule has 1 aliphatic heterocycles. The van der Waals surface area contributed by atoms with E-state index in [9.17, 15) is 4.79 Å². The van der Waals surface area contributed by atoms with Crippen molar-refractivity contribution in [2.24, 2.45) is 0 Å². The molecule has 2 rings (SSSR count). The summed E-state index contributed by atoms with van der Waals surface area (Å²) >= 11 is 3.39. The van der Waals surface area contributed by atoms with Crippen LogP contribution < -0.4 is 5.32 Å². The van der Waals surface area contributed by atoms with Crippen LogP contribution >= 0.6 is 15.9 Å². The quantitative estimate of drug-likeness (QED) is 0.674. The second kappa shape index (κ2) is 4.42. The molecular formula is C13H16BrNO2. The van der Waals surface area contributed by atoms with Gasteiger partial charge in [0.15, 0.2) is 0 Å². The summed E-state index contributed by atoms with van der Waals surface area (Å²) in [4.78, 5) is 11.8. The van der Waals surface area contributed by atoms with Gasteiger partial charge in [-0.1, -0.05) is 28.1 Å². The number of esters is 1. The molecule has 1 fully saturated rings. The summed E-state index contributed by atoms with van der Waals surface area (Å²) in [5.74, 6) is -0.176. The van der Waals surface area contributed by atoms with Crippen molar-refractivity contribution in [3.8, 4) is 0 Å². The summed E-state index contributed by atoms with van der Waals surface area (Å²) in [7, 11) is 0. The van der Waals surface area contributed by atoms with Gasteiger partial charge in [0, 0.05) is 4.47 Å². The first kappa shape index (κ1) is 12.6. The van der Waals surface area contributed by atoms with Gasteiger partial charge in [-0.15, -0.1) is 0 Å². The number of hydrogen-bond donors (Lipinski definition) is 1. The van der Waals surface area contributed by atoms with Gasteiger partial charge < -0.3 is 4.74 Å². The molecule has 0 unspecified atom stereocenters. The molecule has 17 heavy (non-hydrogen) atoms. The second-order valence-electron chi connectivity index (χ2n) is 5.21. The number of nitrogens with one attached hydrogen (secondary N) is 1. The third kappa shape index (κ3) is 3.30. The molecule has 0 spiro atoms. The first-order valence-electron chi connectivity index (χ1n) is 5.61. The van der Waals surface area contributed by atoms with Crippen LogP contribution in [0.5, 0.6) is 0 Å². The van der Waals surface area contributed by atoms with E-state index in [2.05, 4.69) is 21.2 Å². The number of halogens is 1. The molecule has 1 aliphatic rings. The van der Waals surface area contributed by atoms with E-state index in [-0.39, 0.29) is 18.1 Å². The fourth-order valence-electron chi connectivity index (χ4n) is 1.67. The monoisotopic (exact) mass is 297 g/mol. The maximum absolute atomic E-state index is 11.8. The van der Waals surface area contributed by atoms with Crippen molar-refractivity contribution < 1.29 is 9.53 Å². The maximum Gasteiger partial charge on any atom is 0.325 e. The Morgan fingerprint density at radius 1 is 1.29 bits per heavy atom. The fourth-order valence-corrected chi connectivity index (χ4v) is 1.93. The number of hydrogen-bond acceptors (Lipinski definition) is 3. The van der Waals surface area contributed by atoms with Crippen molar-refractivity contribution in [3.63, 3.8) is 0 Å². The van der Waals surface area contributed by atoms with Crippen molar-refractivity contribution in [3.05, 3.63) is 34.3 Å². The van der Waals surface area contributed by atoms with Crippen LogP contribution in [0.4, 0.5) is 0 Å². The molecule has 3 nitrogen and oxygen atoms in total. The Labute approximate surface area is 110 Å². The highest BCUT2D eigenvalue weighted by Gasteiger charge is 2.45. The number of benzene rings is 1. The topological polar surface area (TPSA) is 48.2 Å². The van der Waals surface area contributed by atoms with E-state index in [4.69, 9.17) is 4.74 Å². The van der Waals surface area contributed by atoms with Crippen molar-refractivity contribution in [2.75, 3.05) is 0 Å². The molecule has 1 aromatic rings. The number of ether oxygens (including phenoxy) is 1. The average Bonchev–Trinajstić information content (AvgIpc) is 2.96. The van der Waals surface area contributed by atoms with Crippen LogP contribution in [0.2, 0.25) is 0 Å². The Balaban J connectivity index is 1.96. The molecule has 0 bridgehead atoms. The Morgan fingerprint density at radius 2 is 1.88 bits per heavy atom. The van der Waals surface area contributed by atoms with Gasteiger partial charge in [-0.2, -0.15) is 0 Å². The van der Waals surface area contributed by atoms with Gasteiger partial charge in [0.1, 0.15) is 11.6 Å². The molecule has 0 aromatic heterocycles. The van der Waals surface area contributed by atoms with Crippen molar-refractivity contribution in [1.29, 1.82) is 0 Å². The Bertz CT molecular complexity index is 422. The lowest BCUT2D eigenvalue weighted by Gasteiger charge is -2.19. The number of carbonyl (C=O) groups is 1. The smallest absolute Gasteiger partial charge is 0.325 e. The van der Waals surface area contributed by atoms with Gasteiger partial charge in [-0.05, 0) is 38.5 Å². The van der Waals surface area contributed by atoms with Gasteiger partial charge in [-0.3, -0.25) is 10.1 Å². The lowest BCUT2D eigenvalue weighted by Crippen LogP contribution is -2.27. The largest absolute Gasteiger partial charge is 0.459 e. The second-order valence-corrected chi connectivity index (χ2v) is 6.12. The van der Waals surface area contributed by atoms with Gasteiger partial charge in [0.2, 0.25) is 0 Å². The third-order valence-electron chi connectivity index (χ3n) is 2.47. The van der Waals surface area contributed by atoms with E-state index in [0.717, 1.165) is 10.0 Å². The normalized spacial score (nSPS) is 23.3. The SMILES string of the molecule is CC(C)(C)OC(=O)[C@H]1N[C@H]1c1ccc(Br)cc1. The van der Waals surface area contributed by atoms with E-state index in [0.29, 0.717) is 0 Å². The number of carbonyl (C=O) groups excluding carboxylic acids is 1. The molecule has 0 amide bonds. The Kier molecular flexibility index (Phi) is 3.27. The molecule has 0 saturated carbocycles. The zero-order chi connectivity index (χ0) is 12.6. The van der Waals surface area contributed by atoms with Gasteiger partial charge in [0.05, 0.1) is 6.04 Å². The van der Waals surface area contributed by atoms with Crippen LogP contribution in [0, 0.1) is 0 Å². The molecule has 4 heteroatoms. The Hall–Kier alpha value is -0.870. The zero-order valence-corrected chi connectivity index (χ0v) is 11.7. The van der Waals surface area contributed by atoms with Gasteiger partial charge in [0.25, 0.3) is 0 Å². The minimum Gasteiger partial charge on any atom is -0.459 e. The minimum atomic E-state index is -0.425. The first-order chi connectivity index (χ1) is 7.87. The minimum absolute atomic E-state index is 0.0953. The third-order valence-corrected chi connectivity index (χ3v) is 3.00. The molecule has 0 radical (unpaired) electrons. The predicted molar refractivity (Wildman–Crippen MR) is 69.7 cm³/mol. The van der Waals surface area contributed by atoms with Crippen LogP contribution in [0.1, 0.15) is 32.4 Å². The highest BCUT2D eigenvalue weighted by Crippen LogP contribution is 2.32. The molecule has 1 aromatic carbocycles. The summed E-state index contributed by atoms with van der Waals surface area (Å²) in [5.41, 5.74) is 0.690. The lowest BCUT2D eigenvalue weighted by atomic mass is 10.1. The Morgan fingerprint density at radius 3 is 2.41 bits per heavy atom. The first-order valence-corrected chi connectivity index (χ1v) is 6.40. The molecule has 92 valence electrons. The van der Waals surface area contributed by atoms with E-state index in [1.165, 1.54) is 0 Å². The van der Waals surface area contributed by atoms with Crippen LogP contribution in [0.15, 0.2) is 28.7 Å². The molecular weight excluding hydrogens is 282 g/mol. The predicted octanol–water partition coefficient (Wildman–Crippen LogP) is 2.80. The van der Waals surface area contributed by atoms with E-state index in [1.54, 1.807) is 0 Å². The fraction of sp³-hybridized carbons (Fsp3) is 0.462. The van der Waals surface area contributed by atoms with Crippen molar-refractivity contribution in [2.45, 2.75) is 38.5 Å². The maximum atomic E-state index is 11.8. The van der Waals surface area contributed by atoms with Crippen molar-refractivity contribution >= 4 is 21.9 Å². The summed E-state index contributed by atoms with van der Waals surface area (Å²) < 4.78 is 6.36. The summed E-state index contributed by atoms with van der Waals surface area (Å²) in [5, 5.41) is 3.14. The number of rotatable bonds is 2. The van der Waals surface area contributed by atoms with Crippen LogP contribution in [0.3, 0.4) is 0 Å². The zero-order valence-electron chi connectivity index (χ0n) is 10.2. The van der Waals surface area contributed by atoms with Gasteiger partial charge in [-0.25, -0.2) is 0 Å². The molecule has 0 aliphatic carbocycles. The molecule has 1 N–H and O–H groups in total. The highest BCUT2D eigenvalue weighted by molar-refractivity contribution is 9.10. The van der Waals surface area contributed by atoms with Crippen LogP contribution in [-0.4, -0.2) is 17.6 Å². The van der Waals surface area contributed by atoms with Crippen molar-refractivity contribution in [1.82, 2.24) is 5.32 Å². The average molecular weight is 298 g/mol. The molecule has 1 heterocycles. The highest BCUT2D eigenvalue weighted by atomic mass is 79.9.